The van der Waals surface area contributed by atoms with Gasteiger partial charge in [0.1, 0.15) is 17.6 Å². The number of carboxylic acids is 1. The average molecular weight is 500 g/mol. The summed E-state index contributed by atoms with van der Waals surface area (Å²) in [7, 11) is 1.65. The van der Waals surface area contributed by atoms with Crippen LogP contribution in [0.4, 0.5) is 4.39 Å². The Morgan fingerprint density at radius 1 is 1.27 bits per heavy atom. The van der Waals surface area contributed by atoms with Gasteiger partial charge in [0.2, 0.25) is 0 Å². The lowest BCUT2D eigenvalue weighted by Crippen LogP contribution is -2.41. The Labute approximate surface area is 216 Å². The summed E-state index contributed by atoms with van der Waals surface area (Å²) < 4.78 is 19.5. The summed E-state index contributed by atoms with van der Waals surface area (Å²) in [4.78, 5) is 18.2. The first-order valence-corrected chi connectivity index (χ1v) is 12.5. The highest BCUT2D eigenvalue weighted by molar-refractivity contribution is 5.83. The van der Waals surface area contributed by atoms with E-state index in [0.29, 0.717) is 19.0 Å². The number of carbonyl (C=O) groups is 1. The number of methoxy groups -OCH3 is 1. The van der Waals surface area contributed by atoms with Crippen LogP contribution in [0.1, 0.15) is 42.4 Å². The molecule has 0 aliphatic carbocycles. The normalized spacial score (nSPS) is 17.5. The molecule has 1 aliphatic heterocycles. The topological polar surface area (TPSA) is 86.5 Å². The van der Waals surface area contributed by atoms with Gasteiger partial charge in [-0.1, -0.05) is 17.9 Å². The molecule has 7 heteroatoms. The number of nitriles is 1. The number of aryl methyl sites for hydroxylation is 1. The molecule has 0 unspecified atom stereocenters. The number of piperidine rings is 1. The molecule has 1 fully saturated rings. The number of rotatable bonds is 8. The van der Waals surface area contributed by atoms with E-state index >= 15 is 0 Å². The van der Waals surface area contributed by atoms with Crippen LogP contribution in [0.2, 0.25) is 0 Å². The average Bonchev–Trinajstić information content (AvgIpc) is 2.90. The Hall–Kier alpha value is -3.94. The summed E-state index contributed by atoms with van der Waals surface area (Å²) in [5, 5.41) is 19.8. The van der Waals surface area contributed by atoms with Crippen molar-refractivity contribution < 1.29 is 19.0 Å². The molecule has 2 aromatic carbocycles. The van der Waals surface area contributed by atoms with Gasteiger partial charge in [0.25, 0.3) is 0 Å². The maximum atomic E-state index is 14.1. The van der Waals surface area contributed by atoms with Crippen molar-refractivity contribution in [3.8, 4) is 23.7 Å². The van der Waals surface area contributed by atoms with Gasteiger partial charge in [-0.2, -0.15) is 5.26 Å². The number of aliphatic carboxylic acids is 1. The van der Waals surface area contributed by atoms with Crippen LogP contribution in [-0.2, 0) is 11.2 Å². The number of fused-ring (bicyclic) bond motifs is 1. The molecular formula is C30H30FN3O3. The van der Waals surface area contributed by atoms with Gasteiger partial charge in [0.15, 0.2) is 0 Å². The quantitative estimate of drug-likeness (QED) is 0.437. The highest BCUT2D eigenvalue weighted by atomic mass is 19.1. The second kappa shape index (κ2) is 12.3. The Morgan fingerprint density at radius 3 is 2.92 bits per heavy atom. The third-order valence-corrected chi connectivity index (χ3v) is 7.12. The van der Waals surface area contributed by atoms with Gasteiger partial charge in [0.05, 0.1) is 30.3 Å². The van der Waals surface area contributed by atoms with Crippen molar-refractivity contribution in [2.24, 2.45) is 11.8 Å². The minimum atomic E-state index is -0.792. The van der Waals surface area contributed by atoms with E-state index < -0.39 is 11.8 Å². The van der Waals surface area contributed by atoms with Gasteiger partial charge in [-0.05, 0) is 86.0 Å². The van der Waals surface area contributed by atoms with E-state index in [0.717, 1.165) is 48.9 Å². The molecule has 37 heavy (non-hydrogen) atoms. The molecule has 1 aliphatic rings. The fourth-order valence-electron chi connectivity index (χ4n) is 5.20. The van der Waals surface area contributed by atoms with Crippen LogP contribution in [0.25, 0.3) is 10.9 Å². The summed E-state index contributed by atoms with van der Waals surface area (Å²) in [6.07, 6.45) is 5.65. The van der Waals surface area contributed by atoms with Crippen molar-refractivity contribution in [1.29, 1.82) is 5.26 Å². The number of nitrogens with zero attached hydrogens (tertiary/aromatic N) is 3. The van der Waals surface area contributed by atoms with Crippen molar-refractivity contribution in [1.82, 2.24) is 9.88 Å². The van der Waals surface area contributed by atoms with Crippen LogP contribution in [-0.4, -0.2) is 47.7 Å². The molecule has 3 aromatic rings. The zero-order chi connectivity index (χ0) is 26.2. The first-order chi connectivity index (χ1) is 18.0. The molecule has 2 atom stereocenters. The molecule has 0 saturated carbocycles. The number of likely N-dealkylation sites (tertiary alicyclic amines) is 1. The van der Waals surface area contributed by atoms with E-state index in [2.05, 4.69) is 21.7 Å². The van der Waals surface area contributed by atoms with Gasteiger partial charge in [-0.25, -0.2) is 4.39 Å². The molecule has 4 rings (SSSR count). The van der Waals surface area contributed by atoms with E-state index in [9.17, 15) is 19.6 Å². The Bertz CT molecular complexity index is 1370. The van der Waals surface area contributed by atoms with E-state index in [4.69, 9.17) is 4.74 Å². The van der Waals surface area contributed by atoms with Crippen LogP contribution < -0.4 is 4.74 Å². The van der Waals surface area contributed by atoms with E-state index in [1.54, 1.807) is 13.2 Å². The number of ether oxygens (including phenoxy) is 1. The predicted molar refractivity (Wildman–Crippen MR) is 140 cm³/mol. The van der Waals surface area contributed by atoms with Gasteiger partial charge in [0, 0.05) is 24.5 Å². The number of aromatic nitrogens is 1. The summed E-state index contributed by atoms with van der Waals surface area (Å²) in [5.74, 6) is 5.65. The summed E-state index contributed by atoms with van der Waals surface area (Å²) in [5.41, 5.74) is 2.49. The Morgan fingerprint density at radius 2 is 2.14 bits per heavy atom. The van der Waals surface area contributed by atoms with Gasteiger partial charge in [-0.15, -0.1) is 0 Å². The molecule has 0 bridgehead atoms. The third-order valence-electron chi connectivity index (χ3n) is 7.12. The molecule has 1 N–H and O–H groups in total. The molecule has 2 heterocycles. The number of hydrogen-bond donors (Lipinski definition) is 1. The van der Waals surface area contributed by atoms with Gasteiger partial charge in [-0.3, -0.25) is 14.7 Å². The van der Waals surface area contributed by atoms with Crippen LogP contribution in [0.3, 0.4) is 0 Å². The molecule has 0 amide bonds. The van der Waals surface area contributed by atoms with Gasteiger partial charge < -0.3 is 9.84 Å². The second-order valence-corrected chi connectivity index (χ2v) is 9.46. The minimum absolute atomic E-state index is 0.0328. The van der Waals surface area contributed by atoms with Crippen molar-refractivity contribution >= 4 is 16.9 Å². The maximum absolute atomic E-state index is 14.1. The molecule has 0 radical (unpaired) electrons. The first kappa shape index (κ1) is 26.1. The zero-order valence-corrected chi connectivity index (χ0v) is 20.9. The summed E-state index contributed by atoms with van der Waals surface area (Å²) >= 11 is 0. The smallest absolute Gasteiger partial charge is 0.303 e. The lowest BCUT2D eigenvalue weighted by molar-refractivity contribution is -0.139. The van der Waals surface area contributed by atoms with Crippen LogP contribution in [0.5, 0.6) is 5.75 Å². The SMILES string of the molecule is COc1ccc2nccc(CCC[C@@H]3CCN(CC#Cc4c(F)cccc4C#N)C[C@@H]3CC(=O)O)c2c1. The standard InChI is InChI=1S/C30H30FN3O3/c1-37-25-10-11-29-27(18-25)22(12-14-33-29)6-2-5-21-13-16-34(20-24(21)17-30(35)36)15-4-8-26-23(19-32)7-3-9-28(26)31/h3,7,9-12,14,18,21,24H,2,5-6,13,15-17,20H2,1H3,(H,35,36)/t21-,24+/m1/s1. The lowest BCUT2D eigenvalue weighted by Gasteiger charge is -2.37. The summed E-state index contributed by atoms with van der Waals surface area (Å²) in [6, 6.07) is 14.3. The fourth-order valence-corrected chi connectivity index (χ4v) is 5.20. The first-order valence-electron chi connectivity index (χ1n) is 12.5. The molecule has 0 spiro atoms. The number of pyridine rings is 1. The molecule has 190 valence electrons. The van der Waals surface area contributed by atoms with E-state index in [1.807, 2.05) is 36.5 Å². The van der Waals surface area contributed by atoms with E-state index in [1.165, 1.54) is 17.7 Å². The van der Waals surface area contributed by atoms with Crippen molar-refractivity contribution in [3.63, 3.8) is 0 Å². The van der Waals surface area contributed by atoms with Gasteiger partial charge >= 0.3 is 5.97 Å². The molecule has 6 nitrogen and oxygen atoms in total. The summed E-state index contributed by atoms with van der Waals surface area (Å²) in [6.45, 7) is 1.86. The molecule has 1 aromatic heterocycles. The minimum Gasteiger partial charge on any atom is -0.497 e. The van der Waals surface area contributed by atoms with Crippen molar-refractivity contribution in [2.75, 3.05) is 26.7 Å². The number of halogens is 1. The Balaban J connectivity index is 1.37. The molecule has 1 saturated heterocycles. The van der Waals surface area contributed by atoms with E-state index in [-0.39, 0.29) is 23.5 Å². The second-order valence-electron chi connectivity index (χ2n) is 9.46. The number of carboxylic acid groups (broad SMARTS) is 1. The van der Waals surface area contributed by atoms with Crippen molar-refractivity contribution in [2.45, 2.75) is 32.1 Å². The number of hydrogen-bond acceptors (Lipinski definition) is 5. The van der Waals surface area contributed by atoms with Crippen LogP contribution in [0.15, 0.2) is 48.7 Å². The van der Waals surface area contributed by atoms with Crippen LogP contribution in [0, 0.1) is 40.8 Å². The van der Waals surface area contributed by atoms with Crippen LogP contribution >= 0.6 is 0 Å². The zero-order valence-electron chi connectivity index (χ0n) is 20.9. The third kappa shape index (κ3) is 6.64. The number of benzene rings is 2. The predicted octanol–water partition coefficient (Wildman–Crippen LogP) is 5.04. The van der Waals surface area contributed by atoms with Crippen molar-refractivity contribution in [3.05, 3.63) is 71.2 Å². The largest absolute Gasteiger partial charge is 0.497 e. The maximum Gasteiger partial charge on any atom is 0.303 e. The Kier molecular flexibility index (Phi) is 8.72. The highest BCUT2D eigenvalue weighted by Crippen LogP contribution is 2.31. The fraction of sp³-hybridized carbons (Fsp3) is 0.367. The molecular weight excluding hydrogens is 469 g/mol. The lowest BCUT2D eigenvalue weighted by atomic mass is 9.80. The highest BCUT2D eigenvalue weighted by Gasteiger charge is 2.30. The monoisotopic (exact) mass is 499 g/mol.